The number of anilines is 2. The maximum Gasteiger partial charge on any atom is 0.307 e. The Balaban J connectivity index is 1.96. The molecule has 0 bridgehead atoms. The van der Waals surface area contributed by atoms with Gasteiger partial charge >= 0.3 is 5.97 Å². The Morgan fingerprint density at radius 2 is 1.88 bits per heavy atom. The second kappa shape index (κ2) is 8.21. The zero-order chi connectivity index (χ0) is 17.5. The summed E-state index contributed by atoms with van der Waals surface area (Å²) in [6.45, 7) is 1.90. The van der Waals surface area contributed by atoms with Crippen LogP contribution in [-0.4, -0.2) is 27.9 Å². The summed E-state index contributed by atoms with van der Waals surface area (Å²) in [6, 6.07) is 6.54. The van der Waals surface area contributed by atoms with Crippen molar-refractivity contribution in [1.82, 2.24) is 4.98 Å². The molecule has 0 atom stereocenters. The molecule has 126 valence electrons. The third-order valence-electron chi connectivity index (χ3n) is 3.03. The summed E-state index contributed by atoms with van der Waals surface area (Å²) in [5.41, 5.74) is 1.40. The first-order chi connectivity index (χ1) is 11.5. The molecule has 2 amide bonds. The van der Waals surface area contributed by atoms with E-state index in [-0.39, 0.29) is 18.0 Å². The smallest absolute Gasteiger partial charge is 0.307 e. The molecular formula is C16H17N3O4S. The highest BCUT2D eigenvalue weighted by molar-refractivity contribution is 7.14. The molecule has 8 heteroatoms. The van der Waals surface area contributed by atoms with Gasteiger partial charge in [0.25, 0.3) is 5.91 Å². The Kier molecular flexibility index (Phi) is 6.02. The fraction of sp³-hybridized carbons (Fsp3) is 0.250. The van der Waals surface area contributed by atoms with Crippen LogP contribution in [0.4, 0.5) is 10.8 Å². The Bertz CT molecular complexity index is 740. The second-order valence-corrected chi connectivity index (χ2v) is 5.92. The standard InChI is InChI=1S/C16H17N3O4S/c1-2-3-13(20)19-16-18-12(9-24-16)15(23)17-11-6-4-10(5-7-11)8-14(21)22/h4-7,9H,2-3,8H2,1H3,(H,17,23)(H,21,22)(H,18,19,20). The van der Waals surface area contributed by atoms with Crippen molar-refractivity contribution < 1.29 is 19.5 Å². The molecule has 0 aliphatic heterocycles. The minimum atomic E-state index is -0.910. The van der Waals surface area contributed by atoms with Crippen molar-refractivity contribution in [2.24, 2.45) is 0 Å². The number of rotatable bonds is 7. The van der Waals surface area contributed by atoms with E-state index in [1.54, 1.807) is 29.6 Å². The number of hydrogen-bond acceptors (Lipinski definition) is 5. The molecule has 0 aliphatic rings. The van der Waals surface area contributed by atoms with E-state index < -0.39 is 11.9 Å². The number of benzene rings is 1. The summed E-state index contributed by atoms with van der Waals surface area (Å²) in [5.74, 6) is -1.44. The van der Waals surface area contributed by atoms with E-state index in [1.807, 2.05) is 6.92 Å². The molecule has 0 aliphatic carbocycles. The average Bonchev–Trinajstić information content (AvgIpc) is 2.97. The summed E-state index contributed by atoms with van der Waals surface area (Å²) >= 11 is 1.18. The molecule has 3 N–H and O–H groups in total. The Morgan fingerprint density at radius 1 is 1.17 bits per heavy atom. The monoisotopic (exact) mass is 347 g/mol. The molecule has 24 heavy (non-hydrogen) atoms. The largest absolute Gasteiger partial charge is 0.481 e. The van der Waals surface area contributed by atoms with Crippen LogP contribution in [0.15, 0.2) is 29.6 Å². The van der Waals surface area contributed by atoms with Crippen molar-refractivity contribution in [2.75, 3.05) is 10.6 Å². The molecule has 1 heterocycles. The Labute approximate surface area is 142 Å². The second-order valence-electron chi connectivity index (χ2n) is 5.06. The molecular weight excluding hydrogens is 330 g/mol. The number of carboxylic acids is 1. The summed E-state index contributed by atoms with van der Waals surface area (Å²) in [4.78, 5) is 38.3. The van der Waals surface area contributed by atoms with Gasteiger partial charge in [-0.15, -0.1) is 11.3 Å². The van der Waals surface area contributed by atoms with Crippen LogP contribution >= 0.6 is 11.3 Å². The summed E-state index contributed by atoms with van der Waals surface area (Å²) in [7, 11) is 0. The van der Waals surface area contributed by atoms with Crippen molar-refractivity contribution in [3.05, 3.63) is 40.9 Å². The number of aromatic nitrogens is 1. The molecule has 0 unspecified atom stereocenters. The normalized spacial score (nSPS) is 10.2. The zero-order valence-corrected chi connectivity index (χ0v) is 13.9. The lowest BCUT2D eigenvalue weighted by Gasteiger charge is -2.04. The van der Waals surface area contributed by atoms with Gasteiger partial charge < -0.3 is 15.7 Å². The topological polar surface area (TPSA) is 108 Å². The molecule has 0 saturated carbocycles. The quantitative estimate of drug-likeness (QED) is 0.713. The maximum atomic E-state index is 12.1. The predicted octanol–water partition coefficient (Wildman–Crippen LogP) is 2.76. The number of carbonyl (C=O) groups excluding carboxylic acids is 2. The van der Waals surface area contributed by atoms with Crippen LogP contribution in [0.5, 0.6) is 0 Å². The highest BCUT2D eigenvalue weighted by Gasteiger charge is 2.12. The van der Waals surface area contributed by atoms with Crippen LogP contribution in [-0.2, 0) is 16.0 Å². The van der Waals surface area contributed by atoms with Crippen LogP contribution in [0, 0.1) is 0 Å². The molecule has 1 aromatic carbocycles. The van der Waals surface area contributed by atoms with Crippen LogP contribution in [0.1, 0.15) is 35.8 Å². The average molecular weight is 347 g/mol. The lowest BCUT2D eigenvalue weighted by molar-refractivity contribution is -0.136. The molecule has 7 nitrogen and oxygen atoms in total. The highest BCUT2D eigenvalue weighted by Crippen LogP contribution is 2.18. The molecule has 0 spiro atoms. The number of aliphatic carboxylic acids is 1. The number of nitrogens with zero attached hydrogens (tertiary/aromatic N) is 1. The van der Waals surface area contributed by atoms with E-state index in [4.69, 9.17) is 5.11 Å². The van der Waals surface area contributed by atoms with Crippen molar-refractivity contribution in [3.63, 3.8) is 0 Å². The number of carboxylic acid groups (broad SMARTS) is 1. The first-order valence-electron chi connectivity index (χ1n) is 7.35. The summed E-state index contributed by atoms with van der Waals surface area (Å²) in [6.07, 6.45) is 1.08. The predicted molar refractivity (Wildman–Crippen MR) is 91.4 cm³/mol. The van der Waals surface area contributed by atoms with E-state index in [2.05, 4.69) is 15.6 Å². The van der Waals surface area contributed by atoms with Gasteiger partial charge in [0.15, 0.2) is 5.13 Å². The fourth-order valence-electron chi connectivity index (χ4n) is 1.92. The van der Waals surface area contributed by atoms with Gasteiger partial charge in [0, 0.05) is 17.5 Å². The van der Waals surface area contributed by atoms with Gasteiger partial charge in [-0.1, -0.05) is 19.1 Å². The number of hydrogen-bond donors (Lipinski definition) is 3. The van der Waals surface area contributed by atoms with Crippen LogP contribution in [0.25, 0.3) is 0 Å². The van der Waals surface area contributed by atoms with Gasteiger partial charge in [-0.3, -0.25) is 14.4 Å². The van der Waals surface area contributed by atoms with Crippen molar-refractivity contribution in [3.8, 4) is 0 Å². The number of amides is 2. The molecule has 1 aromatic heterocycles. The minimum Gasteiger partial charge on any atom is -0.481 e. The number of carbonyl (C=O) groups is 3. The van der Waals surface area contributed by atoms with Crippen LogP contribution in [0.3, 0.4) is 0 Å². The van der Waals surface area contributed by atoms with Gasteiger partial charge in [-0.2, -0.15) is 0 Å². The van der Waals surface area contributed by atoms with Crippen molar-refractivity contribution >= 4 is 39.9 Å². The van der Waals surface area contributed by atoms with Gasteiger partial charge in [0.1, 0.15) is 5.69 Å². The first kappa shape index (κ1) is 17.6. The van der Waals surface area contributed by atoms with Gasteiger partial charge in [0.05, 0.1) is 6.42 Å². The highest BCUT2D eigenvalue weighted by atomic mass is 32.1. The van der Waals surface area contributed by atoms with E-state index in [1.165, 1.54) is 11.3 Å². The third kappa shape index (κ3) is 5.17. The first-order valence-corrected chi connectivity index (χ1v) is 8.23. The zero-order valence-electron chi connectivity index (χ0n) is 13.0. The van der Waals surface area contributed by atoms with Crippen LogP contribution < -0.4 is 10.6 Å². The van der Waals surface area contributed by atoms with Crippen molar-refractivity contribution in [2.45, 2.75) is 26.2 Å². The molecule has 2 rings (SSSR count). The van der Waals surface area contributed by atoms with Gasteiger partial charge in [-0.25, -0.2) is 4.98 Å². The fourth-order valence-corrected chi connectivity index (χ4v) is 2.63. The van der Waals surface area contributed by atoms with Gasteiger partial charge in [0.2, 0.25) is 5.91 Å². The van der Waals surface area contributed by atoms with E-state index >= 15 is 0 Å². The third-order valence-corrected chi connectivity index (χ3v) is 3.79. The minimum absolute atomic E-state index is 0.0683. The van der Waals surface area contributed by atoms with E-state index in [0.717, 1.165) is 6.42 Å². The maximum absolute atomic E-state index is 12.1. The van der Waals surface area contributed by atoms with Crippen LogP contribution in [0.2, 0.25) is 0 Å². The van der Waals surface area contributed by atoms with E-state index in [0.29, 0.717) is 22.8 Å². The lowest BCUT2D eigenvalue weighted by atomic mass is 10.1. The van der Waals surface area contributed by atoms with Crippen molar-refractivity contribution in [1.29, 1.82) is 0 Å². The van der Waals surface area contributed by atoms with Gasteiger partial charge in [-0.05, 0) is 24.1 Å². The number of nitrogens with one attached hydrogen (secondary N) is 2. The molecule has 0 fully saturated rings. The summed E-state index contributed by atoms with van der Waals surface area (Å²) < 4.78 is 0. The van der Waals surface area contributed by atoms with E-state index in [9.17, 15) is 14.4 Å². The summed E-state index contributed by atoms with van der Waals surface area (Å²) in [5, 5.41) is 16.0. The Morgan fingerprint density at radius 3 is 2.50 bits per heavy atom. The molecule has 0 saturated heterocycles. The SMILES string of the molecule is CCCC(=O)Nc1nc(C(=O)Nc2ccc(CC(=O)O)cc2)cs1. The molecule has 0 radical (unpaired) electrons. The number of thiazole rings is 1. The lowest BCUT2D eigenvalue weighted by Crippen LogP contribution is -2.14. The molecule has 2 aromatic rings. The Hall–Kier alpha value is -2.74.